The first-order chi connectivity index (χ1) is 12.5. The summed E-state index contributed by atoms with van der Waals surface area (Å²) >= 11 is 0. The molecule has 6 heteroatoms. The SMILES string of the molecule is NC(=O)C12CC3C[C@H](CC(Cc4nnn(Cc5ccccc5)n4)(C3)C1)C2. The smallest absolute Gasteiger partial charge is 0.223 e. The summed E-state index contributed by atoms with van der Waals surface area (Å²) in [5, 5.41) is 13.2. The molecule has 3 unspecified atom stereocenters. The molecule has 1 aromatic carbocycles. The quantitative estimate of drug-likeness (QED) is 0.896. The van der Waals surface area contributed by atoms with Gasteiger partial charge in [0.25, 0.3) is 0 Å². The summed E-state index contributed by atoms with van der Waals surface area (Å²) in [5.74, 6) is 2.00. The Kier molecular flexibility index (Phi) is 3.46. The normalized spacial score (nSPS) is 34.9. The topological polar surface area (TPSA) is 86.7 Å². The van der Waals surface area contributed by atoms with Gasteiger partial charge in [-0.25, -0.2) is 0 Å². The van der Waals surface area contributed by atoms with E-state index in [1.165, 1.54) is 24.8 Å². The van der Waals surface area contributed by atoms with Gasteiger partial charge in [0.15, 0.2) is 5.82 Å². The first kappa shape index (κ1) is 16.0. The number of hydrogen-bond donors (Lipinski definition) is 1. The van der Waals surface area contributed by atoms with Crippen LogP contribution >= 0.6 is 0 Å². The molecule has 4 fully saturated rings. The molecular weight excluding hydrogens is 326 g/mol. The Morgan fingerprint density at radius 2 is 1.88 bits per heavy atom. The highest BCUT2D eigenvalue weighted by molar-refractivity contribution is 5.81. The van der Waals surface area contributed by atoms with E-state index in [0.717, 1.165) is 31.5 Å². The molecule has 0 aliphatic heterocycles. The third kappa shape index (κ3) is 2.63. The molecule has 136 valence electrons. The molecule has 4 bridgehead atoms. The van der Waals surface area contributed by atoms with E-state index in [0.29, 0.717) is 18.4 Å². The maximum absolute atomic E-state index is 12.2. The van der Waals surface area contributed by atoms with Crippen molar-refractivity contribution in [2.45, 2.75) is 51.5 Å². The van der Waals surface area contributed by atoms with E-state index in [1.54, 1.807) is 4.80 Å². The highest BCUT2D eigenvalue weighted by Gasteiger charge is 2.60. The fraction of sp³-hybridized carbons (Fsp3) is 0.600. The van der Waals surface area contributed by atoms with Crippen molar-refractivity contribution < 1.29 is 4.79 Å². The van der Waals surface area contributed by atoms with Gasteiger partial charge in [-0.1, -0.05) is 30.3 Å². The Balaban J connectivity index is 1.36. The van der Waals surface area contributed by atoms with Crippen LogP contribution in [-0.4, -0.2) is 26.1 Å². The van der Waals surface area contributed by atoms with E-state index in [1.807, 2.05) is 18.2 Å². The number of nitrogens with zero attached hydrogens (tertiary/aromatic N) is 4. The predicted octanol–water partition coefficient (Wildman–Crippen LogP) is 2.34. The average molecular weight is 351 g/mol. The summed E-state index contributed by atoms with van der Waals surface area (Å²) in [6, 6.07) is 10.2. The molecule has 1 amide bonds. The molecule has 1 heterocycles. The minimum atomic E-state index is -0.274. The molecule has 6 rings (SSSR count). The monoisotopic (exact) mass is 351 g/mol. The zero-order chi connectivity index (χ0) is 17.8. The molecule has 4 saturated carbocycles. The van der Waals surface area contributed by atoms with Crippen LogP contribution in [0, 0.1) is 22.7 Å². The highest BCUT2D eigenvalue weighted by atomic mass is 16.1. The number of amides is 1. The number of hydrogen-bond acceptors (Lipinski definition) is 4. The first-order valence-corrected chi connectivity index (χ1v) is 9.65. The van der Waals surface area contributed by atoms with Crippen LogP contribution in [-0.2, 0) is 17.8 Å². The maximum Gasteiger partial charge on any atom is 0.223 e. The summed E-state index contributed by atoms with van der Waals surface area (Å²) in [4.78, 5) is 13.9. The van der Waals surface area contributed by atoms with Crippen molar-refractivity contribution in [3.05, 3.63) is 41.7 Å². The number of tetrazole rings is 1. The molecule has 0 radical (unpaired) electrons. The van der Waals surface area contributed by atoms with E-state index >= 15 is 0 Å². The minimum absolute atomic E-state index is 0.0864. The number of rotatable bonds is 5. The third-order valence-corrected chi connectivity index (χ3v) is 6.90. The first-order valence-electron chi connectivity index (χ1n) is 9.65. The van der Waals surface area contributed by atoms with Crippen molar-refractivity contribution in [3.8, 4) is 0 Å². The molecule has 1 aromatic heterocycles. The Labute approximate surface area is 153 Å². The van der Waals surface area contributed by atoms with Crippen LogP contribution in [0.4, 0.5) is 0 Å². The number of aromatic nitrogens is 4. The van der Waals surface area contributed by atoms with Gasteiger partial charge in [0.1, 0.15) is 0 Å². The van der Waals surface area contributed by atoms with Gasteiger partial charge in [-0.05, 0) is 66.6 Å². The van der Waals surface area contributed by atoms with Crippen molar-refractivity contribution in [2.24, 2.45) is 28.4 Å². The molecule has 0 saturated heterocycles. The molecule has 2 aromatic rings. The number of nitrogens with two attached hydrogens (primary N) is 1. The van der Waals surface area contributed by atoms with Gasteiger partial charge in [0, 0.05) is 6.42 Å². The number of carbonyl (C=O) groups excluding carboxylic acids is 1. The second-order valence-electron chi connectivity index (χ2n) is 9.00. The van der Waals surface area contributed by atoms with Crippen LogP contribution in [0.15, 0.2) is 30.3 Å². The zero-order valence-corrected chi connectivity index (χ0v) is 15.0. The summed E-state index contributed by atoms with van der Waals surface area (Å²) < 4.78 is 0. The van der Waals surface area contributed by atoms with E-state index in [-0.39, 0.29) is 16.7 Å². The van der Waals surface area contributed by atoms with E-state index < -0.39 is 0 Å². The van der Waals surface area contributed by atoms with Crippen molar-refractivity contribution in [1.29, 1.82) is 0 Å². The molecular formula is C20H25N5O. The molecule has 4 aliphatic carbocycles. The lowest BCUT2D eigenvalue weighted by molar-refractivity contribution is -0.154. The van der Waals surface area contributed by atoms with Gasteiger partial charge < -0.3 is 5.73 Å². The lowest BCUT2D eigenvalue weighted by Gasteiger charge is -2.61. The van der Waals surface area contributed by atoms with Crippen molar-refractivity contribution in [3.63, 3.8) is 0 Å². The maximum atomic E-state index is 12.2. The highest BCUT2D eigenvalue weighted by Crippen LogP contribution is 2.65. The van der Waals surface area contributed by atoms with E-state index in [4.69, 9.17) is 5.73 Å². The van der Waals surface area contributed by atoms with E-state index in [2.05, 4.69) is 27.5 Å². The molecule has 4 aliphatic rings. The average Bonchev–Trinajstić information content (AvgIpc) is 3.00. The zero-order valence-electron chi connectivity index (χ0n) is 15.0. The van der Waals surface area contributed by atoms with Gasteiger partial charge in [-0.15, -0.1) is 10.2 Å². The second kappa shape index (κ2) is 5.63. The minimum Gasteiger partial charge on any atom is -0.369 e. The van der Waals surface area contributed by atoms with Crippen molar-refractivity contribution in [1.82, 2.24) is 20.2 Å². The Bertz CT molecular complexity index is 816. The second-order valence-corrected chi connectivity index (χ2v) is 9.00. The Morgan fingerprint density at radius 3 is 2.58 bits per heavy atom. The molecule has 0 spiro atoms. The fourth-order valence-corrected chi connectivity index (χ4v) is 6.44. The van der Waals surface area contributed by atoms with Crippen LogP contribution in [0.3, 0.4) is 0 Å². The fourth-order valence-electron chi connectivity index (χ4n) is 6.44. The summed E-state index contributed by atoms with van der Waals surface area (Å²) in [6.45, 7) is 0.636. The molecule has 6 nitrogen and oxygen atoms in total. The van der Waals surface area contributed by atoms with E-state index in [9.17, 15) is 4.79 Å². The standard InChI is InChI=1S/C20H25N5O/c21-18(26)20-9-15-6-16(10-20)8-19(7-15,13-20)11-17-22-24-25(23-17)12-14-4-2-1-3-5-14/h1-5,15-16H,6-13H2,(H2,21,26)/t15-,16?,19?,20?/m1/s1. The van der Waals surface area contributed by atoms with Crippen LogP contribution < -0.4 is 5.73 Å². The number of carbonyl (C=O) groups is 1. The Hall–Kier alpha value is -2.24. The third-order valence-electron chi connectivity index (χ3n) is 6.90. The summed E-state index contributed by atoms with van der Waals surface area (Å²) in [6.07, 6.45) is 7.37. The number of benzene rings is 1. The van der Waals surface area contributed by atoms with Crippen molar-refractivity contribution in [2.75, 3.05) is 0 Å². The van der Waals surface area contributed by atoms with Crippen LogP contribution in [0.1, 0.15) is 49.9 Å². The van der Waals surface area contributed by atoms with Gasteiger partial charge in [0.2, 0.25) is 5.91 Å². The van der Waals surface area contributed by atoms with Gasteiger partial charge in [-0.3, -0.25) is 4.79 Å². The van der Waals surface area contributed by atoms with Gasteiger partial charge in [0.05, 0.1) is 12.0 Å². The van der Waals surface area contributed by atoms with Gasteiger partial charge >= 0.3 is 0 Å². The molecule has 26 heavy (non-hydrogen) atoms. The lowest BCUT2D eigenvalue weighted by Crippen LogP contribution is -2.57. The Morgan fingerprint density at radius 1 is 1.15 bits per heavy atom. The van der Waals surface area contributed by atoms with Crippen LogP contribution in [0.2, 0.25) is 0 Å². The largest absolute Gasteiger partial charge is 0.369 e. The number of primary amides is 1. The van der Waals surface area contributed by atoms with Crippen LogP contribution in [0.25, 0.3) is 0 Å². The van der Waals surface area contributed by atoms with Crippen molar-refractivity contribution >= 4 is 5.91 Å². The molecule has 4 atom stereocenters. The lowest BCUT2D eigenvalue weighted by atomic mass is 9.43. The summed E-state index contributed by atoms with van der Waals surface area (Å²) in [7, 11) is 0. The van der Waals surface area contributed by atoms with Crippen LogP contribution in [0.5, 0.6) is 0 Å². The molecule has 2 N–H and O–H groups in total. The predicted molar refractivity (Wildman–Crippen MR) is 95.8 cm³/mol. The summed E-state index contributed by atoms with van der Waals surface area (Å²) in [5.41, 5.74) is 6.88. The van der Waals surface area contributed by atoms with Gasteiger partial charge in [-0.2, -0.15) is 4.80 Å².